The molecular formula is C15H20N2O3. The van der Waals surface area contributed by atoms with Gasteiger partial charge in [0.1, 0.15) is 0 Å². The van der Waals surface area contributed by atoms with E-state index in [0.717, 1.165) is 24.9 Å². The number of amides is 1. The fourth-order valence-electron chi connectivity index (χ4n) is 2.48. The Morgan fingerprint density at radius 1 is 1.35 bits per heavy atom. The lowest BCUT2D eigenvalue weighted by molar-refractivity contribution is -0.138. The molecule has 108 valence electrons. The minimum absolute atomic E-state index is 0.0627. The highest BCUT2D eigenvalue weighted by atomic mass is 16.4. The van der Waals surface area contributed by atoms with Gasteiger partial charge in [-0.15, -0.1) is 0 Å². The highest BCUT2D eigenvalue weighted by Crippen LogP contribution is 2.18. The lowest BCUT2D eigenvalue weighted by Crippen LogP contribution is -2.42. The Morgan fingerprint density at radius 2 is 2.10 bits per heavy atom. The first-order chi connectivity index (χ1) is 9.66. The molecule has 1 fully saturated rings. The van der Waals surface area contributed by atoms with Gasteiger partial charge in [0.25, 0.3) is 0 Å². The molecule has 1 saturated heterocycles. The van der Waals surface area contributed by atoms with Gasteiger partial charge in [-0.1, -0.05) is 30.3 Å². The molecule has 0 saturated carbocycles. The molecule has 5 nitrogen and oxygen atoms in total. The molecule has 0 bridgehead atoms. The number of carbonyl (C=O) groups is 2. The van der Waals surface area contributed by atoms with Crippen molar-refractivity contribution >= 4 is 11.9 Å². The summed E-state index contributed by atoms with van der Waals surface area (Å²) in [7, 11) is 0. The number of benzene rings is 1. The van der Waals surface area contributed by atoms with E-state index in [-0.39, 0.29) is 18.2 Å². The molecule has 1 aromatic rings. The number of carboxylic acids is 1. The lowest BCUT2D eigenvalue weighted by Gasteiger charge is -2.25. The standard InChI is InChI=1S/C15H20N2O3/c18-14(19)9-13(11-5-2-1-3-6-11)17-15(20)12-7-4-8-16-10-12/h1-3,5-6,12-13,16H,4,7-10H2,(H,17,20)(H,18,19). The van der Waals surface area contributed by atoms with Crippen molar-refractivity contribution in [2.45, 2.75) is 25.3 Å². The Hall–Kier alpha value is -1.88. The van der Waals surface area contributed by atoms with Crippen LogP contribution in [0, 0.1) is 5.92 Å². The largest absolute Gasteiger partial charge is 0.481 e. The molecule has 1 heterocycles. The molecule has 0 aromatic heterocycles. The Kier molecular flexibility index (Phi) is 5.12. The predicted octanol–water partition coefficient (Wildman–Crippen LogP) is 1.32. The smallest absolute Gasteiger partial charge is 0.305 e. The summed E-state index contributed by atoms with van der Waals surface area (Å²) >= 11 is 0. The van der Waals surface area contributed by atoms with E-state index in [1.54, 1.807) is 0 Å². The van der Waals surface area contributed by atoms with Crippen LogP contribution in [-0.4, -0.2) is 30.1 Å². The van der Waals surface area contributed by atoms with Crippen LogP contribution >= 0.6 is 0 Å². The first-order valence-corrected chi connectivity index (χ1v) is 6.94. The van der Waals surface area contributed by atoms with Crippen molar-refractivity contribution in [3.05, 3.63) is 35.9 Å². The van der Waals surface area contributed by atoms with Gasteiger partial charge in [-0.25, -0.2) is 0 Å². The summed E-state index contributed by atoms with van der Waals surface area (Å²) in [4.78, 5) is 23.2. The van der Waals surface area contributed by atoms with Crippen molar-refractivity contribution in [1.82, 2.24) is 10.6 Å². The van der Waals surface area contributed by atoms with Crippen molar-refractivity contribution in [1.29, 1.82) is 0 Å². The summed E-state index contributed by atoms with van der Waals surface area (Å²) in [6.07, 6.45) is 1.73. The molecule has 1 aliphatic heterocycles. The highest BCUT2D eigenvalue weighted by Gasteiger charge is 2.24. The zero-order valence-corrected chi connectivity index (χ0v) is 11.3. The third kappa shape index (κ3) is 4.06. The summed E-state index contributed by atoms with van der Waals surface area (Å²) in [6, 6.07) is 8.77. The van der Waals surface area contributed by atoms with E-state index in [0.29, 0.717) is 6.54 Å². The second-order valence-corrected chi connectivity index (χ2v) is 5.11. The summed E-state index contributed by atoms with van der Waals surface area (Å²) in [5.74, 6) is -1.04. The molecule has 1 aliphatic rings. The summed E-state index contributed by atoms with van der Waals surface area (Å²) in [6.45, 7) is 1.61. The molecule has 5 heteroatoms. The van der Waals surface area contributed by atoms with Crippen LogP contribution in [-0.2, 0) is 9.59 Å². The number of aliphatic carboxylic acids is 1. The van der Waals surface area contributed by atoms with Crippen LogP contribution in [0.25, 0.3) is 0 Å². The molecule has 3 N–H and O–H groups in total. The van der Waals surface area contributed by atoms with E-state index in [9.17, 15) is 9.59 Å². The third-order valence-corrected chi connectivity index (χ3v) is 3.56. The molecule has 2 rings (SSSR count). The van der Waals surface area contributed by atoms with E-state index in [2.05, 4.69) is 10.6 Å². The maximum Gasteiger partial charge on any atom is 0.305 e. The van der Waals surface area contributed by atoms with Crippen LogP contribution in [0.15, 0.2) is 30.3 Å². The van der Waals surface area contributed by atoms with Crippen molar-refractivity contribution < 1.29 is 14.7 Å². The predicted molar refractivity (Wildman–Crippen MR) is 75.2 cm³/mol. The zero-order valence-electron chi connectivity index (χ0n) is 11.3. The minimum atomic E-state index is -0.916. The number of piperidine rings is 1. The Morgan fingerprint density at radius 3 is 2.70 bits per heavy atom. The molecule has 0 spiro atoms. The first-order valence-electron chi connectivity index (χ1n) is 6.94. The van der Waals surface area contributed by atoms with Crippen LogP contribution in [0.3, 0.4) is 0 Å². The van der Waals surface area contributed by atoms with E-state index in [1.165, 1.54) is 0 Å². The van der Waals surface area contributed by atoms with Gasteiger partial charge in [-0.05, 0) is 24.9 Å². The van der Waals surface area contributed by atoms with Gasteiger partial charge in [0.2, 0.25) is 5.91 Å². The van der Waals surface area contributed by atoms with Gasteiger partial charge in [-0.2, -0.15) is 0 Å². The molecule has 2 atom stereocenters. The van der Waals surface area contributed by atoms with Gasteiger partial charge in [-0.3, -0.25) is 9.59 Å². The number of carboxylic acid groups (broad SMARTS) is 1. The van der Waals surface area contributed by atoms with Gasteiger partial charge >= 0.3 is 5.97 Å². The Bertz CT molecular complexity index is 455. The van der Waals surface area contributed by atoms with Crippen molar-refractivity contribution in [3.63, 3.8) is 0 Å². The molecule has 1 aromatic carbocycles. The van der Waals surface area contributed by atoms with Gasteiger partial charge in [0.15, 0.2) is 0 Å². The number of hydrogen-bond acceptors (Lipinski definition) is 3. The van der Waals surface area contributed by atoms with E-state index in [1.807, 2.05) is 30.3 Å². The zero-order chi connectivity index (χ0) is 14.4. The molecule has 0 radical (unpaired) electrons. The maximum atomic E-state index is 12.2. The second kappa shape index (κ2) is 7.05. The van der Waals surface area contributed by atoms with Crippen LogP contribution < -0.4 is 10.6 Å². The minimum Gasteiger partial charge on any atom is -0.481 e. The van der Waals surface area contributed by atoms with Crippen LogP contribution in [0.1, 0.15) is 30.9 Å². The average molecular weight is 276 g/mol. The summed E-state index contributed by atoms with van der Waals surface area (Å²) in [5.41, 5.74) is 0.826. The summed E-state index contributed by atoms with van der Waals surface area (Å²) in [5, 5.41) is 15.1. The van der Waals surface area contributed by atoms with Crippen LogP contribution in [0.4, 0.5) is 0 Å². The van der Waals surface area contributed by atoms with Gasteiger partial charge in [0.05, 0.1) is 18.4 Å². The molecular weight excluding hydrogens is 256 g/mol. The topological polar surface area (TPSA) is 78.4 Å². The molecule has 2 unspecified atom stereocenters. The molecule has 1 amide bonds. The molecule has 0 aliphatic carbocycles. The van der Waals surface area contributed by atoms with E-state index >= 15 is 0 Å². The fraction of sp³-hybridized carbons (Fsp3) is 0.467. The SMILES string of the molecule is O=C(O)CC(NC(=O)C1CCCNC1)c1ccccc1. The Labute approximate surface area is 118 Å². The maximum absolute atomic E-state index is 12.2. The normalized spacial score (nSPS) is 20.1. The Balaban J connectivity index is 2.03. The van der Waals surface area contributed by atoms with E-state index in [4.69, 9.17) is 5.11 Å². The van der Waals surface area contributed by atoms with Crippen LogP contribution in [0.5, 0.6) is 0 Å². The summed E-state index contributed by atoms with van der Waals surface area (Å²) < 4.78 is 0. The highest BCUT2D eigenvalue weighted by molar-refractivity contribution is 5.80. The monoisotopic (exact) mass is 276 g/mol. The third-order valence-electron chi connectivity index (χ3n) is 3.56. The van der Waals surface area contributed by atoms with Crippen molar-refractivity contribution in [2.24, 2.45) is 5.92 Å². The fourth-order valence-corrected chi connectivity index (χ4v) is 2.48. The number of hydrogen-bond donors (Lipinski definition) is 3. The number of carbonyl (C=O) groups excluding carboxylic acids is 1. The first kappa shape index (κ1) is 14.5. The van der Waals surface area contributed by atoms with E-state index < -0.39 is 12.0 Å². The average Bonchev–Trinajstić information content (AvgIpc) is 2.48. The second-order valence-electron chi connectivity index (χ2n) is 5.11. The number of nitrogens with one attached hydrogen (secondary N) is 2. The molecule has 20 heavy (non-hydrogen) atoms. The lowest BCUT2D eigenvalue weighted by atomic mass is 9.97. The quantitative estimate of drug-likeness (QED) is 0.758. The van der Waals surface area contributed by atoms with Crippen molar-refractivity contribution in [3.8, 4) is 0 Å². The van der Waals surface area contributed by atoms with Crippen LogP contribution in [0.2, 0.25) is 0 Å². The van der Waals surface area contributed by atoms with Crippen molar-refractivity contribution in [2.75, 3.05) is 13.1 Å². The van der Waals surface area contributed by atoms with Gasteiger partial charge < -0.3 is 15.7 Å². The number of rotatable bonds is 5. The van der Waals surface area contributed by atoms with Gasteiger partial charge in [0, 0.05) is 6.54 Å².